The standard InChI is InChI=1S/C19H17IO3/c1-13(21)23-18(12-20)19(22)16-8-4-2-6-14(16)10-11-15-7-3-5-9-17(15)19/h2-11,18,22H,12H2,1H3. The summed E-state index contributed by atoms with van der Waals surface area (Å²) in [5, 5.41) is 11.7. The number of carbonyl (C=O) groups is 1. The van der Waals surface area contributed by atoms with E-state index >= 15 is 0 Å². The van der Waals surface area contributed by atoms with Gasteiger partial charge in [-0.2, -0.15) is 0 Å². The zero-order valence-electron chi connectivity index (χ0n) is 12.7. The summed E-state index contributed by atoms with van der Waals surface area (Å²) in [6.07, 6.45) is 3.32. The zero-order valence-corrected chi connectivity index (χ0v) is 14.9. The Morgan fingerprint density at radius 2 is 1.57 bits per heavy atom. The number of hydrogen-bond donors (Lipinski definition) is 1. The molecule has 0 aromatic heterocycles. The number of fused-ring (bicyclic) bond motifs is 2. The van der Waals surface area contributed by atoms with Crippen LogP contribution >= 0.6 is 22.6 Å². The molecule has 3 nitrogen and oxygen atoms in total. The molecule has 2 aromatic rings. The van der Waals surface area contributed by atoms with Crippen LogP contribution < -0.4 is 0 Å². The molecule has 23 heavy (non-hydrogen) atoms. The Morgan fingerprint density at radius 3 is 2.00 bits per heavy atom. The van der Waals surface area contributed by atoms with E-state index in [4.69, 9.17) is 4.74 Å². The smallest absolute Gasteiger partial charge is 0.303 e. The number of alkyl halides is 1. The summed E-state index contributed by atoms with van der Waals surface area (Å²) in [5.41, 5.74) is 1.97. The average Bonchev–Trinajstić information content (AvgIpc) is 2.69. The van der Waals surface area contributed by atoms with E-state index in [1.807, 2.05) is 60.7 Å². The van der Waals surface area contributed by atoms with Gasteiger partial charge in [0.05, 0.1) is 0 Å². The van der Waals surface area contributed by atoms with Gasteiger partial charge in [-0.1, -0.05) is 83.3 Å². The van der Waals surface area contributed by atoms with Crippen molar-refractivity contribution in [2.75, 3.05) is 4.43 Å². The highest BCUT2D eigenvalue weighted by molar-refractivity contribution is 14.1. The quantitative estimate of drug-likeness (QED) is 0.467. The lowest BCUT2D eigenvalue weighted by molar-refractivity contribution is -0.156. The van der Waals surface area contributed by atoms with E-state index < -0.39 is 17.7 Å². The topological polar surface area (TPSA) is 46.5 Å². The van der Waals surface area contributed by atoms with Crippen LogP contribution in [-0.4, -0.2) is 21.6 Å². The van der Waals surface area contributed by atoms with Gasteiger partial charge in [-0.3, -0.25) is 4.79 Å². The van der Waals surface area contributed by atoms with Crippen LogP contribution in [0, 0.1) is 0 Å². The summed E-state index contributed by atoms with van der Waals surface area (Å²) in [6, 6.07) is 15.4. The van der Waals surface area contributed by atoms with Gasteiger partial charge in [0.15, 0.2) is 5.60 Å². The fourth-order valence-electron chi connectivity index (χ4n) is 3.08. The number of ether oxygens (including phenoxy) is 1. The fourth-order valence-corrected chi connectivity index (χ4v) is 3.90. The number of hydrogen-bond acceptors (Lipinski definition) is 3. The second-order valence-electron chi connectivity index (χ2n) is 5.53. The third-order valence-corrected chi connectivity index (χ3v) is 4.90. The lowest BCUT2D eigenvalue weighted by atomic mass is 9.79. The van der Waals surface area contributed by atoms with Crippen molar-refractivity contribution >= 4 is 40.7 Å². The predicted octanol–water partition coefficient (Wildman–Crippen LogP) is 3.77. The molecular formula is C19H17IO3. The van der Waals surface area contributed by atoms with Crippen molar-refractivity contribution in [3.63, 3.8) is 0 Å². The predicted molar refractivity (Wildman–Crippen MR) is 99.3 cm³/mol. The number of carbonyl (C=O) groups excluding carboxylic acids is 1. The van der Waals surface area contributed by atoms with E-state index in [9.17, 15) is 9.90 Å². The highest BCUT2D eigenvalue weighted by atomic mass is 127. The second-order valence-corrected chi connectivity index (χ2v) is 6.41. The van der Waals surface area contributed by atoms with Crippen LogP contribution in [0.2, 0.25) is 0 Å². The maximum absolute atomic E-state index is 11.7. The van der Waals surface area contributed by atoms with Crippen LogP contribution in [0.1, 0.15) is 29.2 Å². The Kier molecular flexibility index (Phi) is 4.55. The first-order valence-corrected chi connectivity index (χ1v) is 8.92. The molecule has 0 aliphatic heterocycles. The summed E-state index contributed by atoms with van der Waals surface area (Å²) in [7, 11) is 0. The van der Waals surface area contributed by atoms with Crippen LogP contribution in [0.4, 0.5) is 0 Å². The number of rotatable bonds is 3. The largest absolute Gasteiger partial charge is 0.458 e. The summed E-state index contributed by atoms with van der Waals surface area (Å²) in [4.78, 5) is 11.6. The molecule has 0 bridgehead atoms. The van der Waals surface area contributed by atoms with Crippen LogP contribution in [0.25, 0.3) is 12.2 Å². The van der Waals surface area contributed by atoms with Crippen LogP contribution in [0.5, 0.6) is 0 Å². The molecule has 0 fully saturated rings. The highest BCUT2D eigenvalue weighted by Gasteiger charge is 2.44. The summed E-state index contributed by atoms with van der Waals surface area (Å²) < 4.78 is 5.97. The SMILES string of the molecule is CC(=O)OC(CI)C1(O)c2ccccc2C=Cc2ccccc21. The van der Waals surface area contributed by atoms with Crippen molar-refractivity contribution in [2.45, 2.75) is 18.6 Å². The molecule has 0 spiro atoms. The van der Waals surface area contributed by atoms with Gasteiger partial charge in [0.25, 0.3) is 0 Å². The average molecular weight is 420 g/mol. The van der Waals surface area contributed by atoms with Crippen molar-refractivity contribution in [3.05, 3.63) is 70.8 Å². The van der Waals surface area contributed by atoms with Crippen molar-refractivity contribution in [1.82, 2.24) is 0 Å². The van der Waals surface area contributed by atoms with Gasteiger partial charge in [-0.25, -0.2) is 0 Å². The van der Waals surface area contributed by atoms with E-state index in [-0.39, 0.29) is 0 Å². The molecule has 0 saturated carbocycles. The Bertz CT molecular complexity index is 717. The highest BCUT2D eigenvalue weighted by Crippen LogP contribution is 2.42. The minimum atomic E-state index is -1.39. The Labute approximate surface area is 149 Å². The first-order chi connectivity index (χ1) is 11.1. The van der Waals surface area contributed by atoms with E-state index in [0.717, 1.165) is 22.3 Å². The fraction of sp³-hybridized carbons (Fsp3) is 0.211. The van der Waals surface area contributed by atoms with Gasteiger partial charge in [-0.15, -0.1) is 0 Å². The van der Waals surface area contributed by atoms with Crippen LogP contribution in [-0.2, 0) is 15.1 Å². The first-order valence-electron chi connectivity index (χ1n) is 7.40. The normalized spacial score (nSPS) is 16.0. The van der Waals surface area contributed by atoms with Gasteiger partial charge >= 0.3 is 5.97 Å². The molecule has 0 amide bonds. The van der Waals surface area contributed by atoms with E-state index in [2.05, 4.69) is 22.6 Å². The third kappa shape index (κ3) is 2.81. The minimum Gasteiger partial charge on any atom is -0.458 e. The zero-order chi connectivity index (χ0) is 16.4. The summed E-state index contributed by atoms with van der Waals surface area (Å²) in [5.74, 6) is -0.396. The van der Waals surface area contributed by atoms with Gasteiger partial charge in [0.2, 0.25) is 0 Å². The number of benzene rings is 2. The van der Waals surface area contributed by atoms with E-state index in [1.54, 1.807) is 0 Å². The van der Waals surface area contributed by atoms with E-state index in [1.165, 1.54) is 6.92 Å². The molecular weight excluding hydrogens is 403 g/mol. The van der Waals surface area contributed by atoms with E-state index in [0.29, 0.717) is 4.43 Å². The molecule has 0 heterocycles. The lowest BCUT2D eigenvalue weighted by Crippen LogP contribution is -2.45. The van der Waals surface area contributed by atoms with Crippen LogP contribution in [0.15, 0.2) is 48.5 Å². The van der Waals surface area contributed by atoms with Gasteiger partial charge in [-0.05, 0) is 22.3 Å². The number of halogens is 1. The summed E-state index contributed by atoms with van der Waals surface area (Å²) >= 11 is 2.15. The molecule has 2 aromatic carbocycles. The maximum atomic E-state index is 11.7. The molecule has 1 aliphatic rings. The molecule has 3 rings (SSSR count). The number of aliphatic hydroxyl groups is 1. The molecule has 0 saturated heterocycles. The van der Waals surface area contributed by atoms with Crippen molar-refractivity contribution in [2.24, 2.45) is 0 Å². The monoisotopic (exact) mass is 420 g/mol. The Balaban J connectivity index is 2.28. The molecule has 118 valence electrons. The van der Waals surface area contributed by atoms with Crippen LogP contribution in [0.3, 0.4) is 0 Å². The molecule has 1 N–H and O–H groups in total. The van der Waals surface area contributed by atoms with Gasteiger partial charge < -0.3 is 9.84 Å². The Hall–Kier alpha value is -1.66. The minimum absolute atomic E-state index is 0.396. The second kappa shape index (κ2) is 6.45. The molecule has 1 unspecified atom stereocenters. The van der Waals surface area contributed by atoms with Crippen molar-refractivity contribution in [1.29, 1.82) is 0 Å². The number of esters is 1. The maximum Gasteiger partial charge on any atom is 0.303 e. The Morgan fingerprint density at radius 1 is 1.09 bits per heavy atom. The molecule has 1 aliphatic carbocycles. The molecule has 1 atom stereocenters. The van der Waals surface area contributed by atoms with Gasteiger partial charge in [0.1, 0.15) is 6.10 Å². The third-order valence-electron chi connectivity index (χ3n) is 4.10. The van der Waals surface area contributed by atoms with Gasteiger partial charge in [0, 0.05) is 11.4 Å². The molecule has 4 heteroatoms. The molecule has 0 radical (unpaired) electrons. The van der Waals surface area contributed by atoms with Crippen molar-refractivity contribution in [3.8, 4) is 0 Å². The first kappa shape index (κ1) is 16.2. The van der Waals surface area contributed by atoms with Crippen molar-refractivity contribution < 1.29 is 14.6 Å². The summed E-state index contributed by atoms with van der Waals surface area (Å²) in [6.45, 7) is 1.37. The lowest BCUT2D eigenvalue weighted by Gasteiger charge is -2.36.